The van der Waals surface area contributed by atoms with Gasteiger partial charge in [-0.2, -0.15) is 0 Å². The molecule has 2 aliphatic heterocycles. The molecule has 0 aromatic heterocycles. The second-order valence-electron chi connectivity index (χ2n) is 11.7. The van der Waals surface area contributed by atoms with Crippen LogP contribution in [0.4, 0.5) is 0 Å². The minimum atomic E-state index is -1.23. The quantitative estimate of drug-likeness (QED) is 0.304. The van der Waals surface area contributed by atoms with Gasteiger partial charge in [-0.05, 0) is 41.0 Å². The van der Waals surface area contributed by atoms with Gasteiger partial charge in [0.25, 0.3) is 5.91 Å². The average Bonchev–Trinajstić information content (AvgIpc) is 3.08. The van der Waals surface area contributed by atoms with Crippen LogP contribution in [0, 0.1) is 0 Å². The number of benzene rings is 3. The Morgan fingerprint density at radius 3 is 2.30 bits per heavy atom. The topological polar surface area (TPSA) is 150 Å². The van der Waals surface area contributed by atoms with E-state index >= 15 is 0 Å². The largest absolute Gasteiger partial charge is 0.508 e. The number of carbonyl (C=O) groups excluding carboxylic acids is 4. The van der Waals surface area contributed by atoms with E-state index in [4.69, 9.17) is 9.47 Å². The third-order valence-corrected chi connectivity index (χ3v) is 8.21. The number of phenolic OH excluding ortho intramolecular Hbond substituents is 1. The fourth-order valence-electron chi connectivity index (χ4n) is 5.49. The minimum absolute atomic E-state index is 0.0817. The SMILES string of the molecule is CN1CCOc2ccccc2C(=O)N[C@H](C(=O)NCc2ccc(CN3CCOCC3)cc2)CC(=O)N[C@@H](Cc2ccc(O)cc2)C1=O. The Hall–Kier alpha value is -4.94. The van der Waals surface area contributed by atoms with Gasteiger partial charge in [0.2, 0.25) is 17.7 Å². The molecule has 248 valence electrons. The van der Waals surface area contributed by atoms with Crippen LogP contribution in [-0.2, 0) is 38.6 Å². The molecule has 0 aliphatic carbocycles. The van der Waals surface area contributed by atoms with Crippen molar-refractivity contribution in [3.8, 4) is 11.5 Å². The molecule has 4 N–H and O–H groups in total. The van der Waals surface area contributed by atoms with Crippen molar-refractivity contribution in [1.82, 2.24) is 25.8 Å². The van der Waals surface area contributed by atoms with Crippen LogP contribution in [0.15, 0.2) is 72.8 Å². The smallest absolute Gasteiger partial charge is 0.255 e. The highest BCUT2D eigenvalue weighted by Gasteiger charge is 2.30. The number of para-hydroxylation sites is 1. The predicted octanol–water partition coefficient (Wildman–Crippen LogP) is 1.61. The van der Waals surface area contributed by atoms with E-state index in [1.807, 2.05) is 24.3 Å². The summed E-state index contributed by atoms with van der Waals surface area (Å²) in [7, 11) is 1.61. The van der Waals surface area contributed by atoms with Crippen LogP contribution in [0.2, 0.25) is 0 Å². The maximum absolute atomic E-state index is 13.5. The van der Waals surface area contributed by atoms with Gasteiger partial charge in [-0.15, -0.1) is 0 Å². The molecule has 3 aromatic rings. The molecule has 2 aliphatic rings. The van der Waals surface area contributed by atoms with E-state index < -0.39 is 36.2 Å². The fraction of sp³-hybridized carbons (Fsp3) is 0.371. The van der Waals surface area contributed by atoms with Crippen LogP contribution < -0.4 is 20.7 Å². The van der Waals surface area contributed by atoms with E-state index in [9.17, 15) is 24.3 Å². The Bertz CT molecular complexity index is 1540. The molecular weight excluding hydrogens is 602 g/mol. The monoisotopic (exact) mass is 643 g/mol. The normalized spacial score (nSPS) is 19.9. The number of ether oxygens (including phenoxy) is 2. The maximum Gasteiger partial charge on any atom is 0.255 e. The molecule has 47 heavy (non-hydrogen) atoms. The lowest BCUT2D eigenvalue weighted by molar-refractivity contribution is -0.136. The number of morpholine rings is 1. The Morgan fingerprint density at radius 2 is 1.55 bits per heavy atom. The molecule has 1 fully saturated rings. The summed E-state index contributed by atoms with van der Waals surface area (Å²) in [5.74, 6) is -1.66. The second kappa shape index (κ2) is 16.1. The standard InChI is InChI=1S/C35H41N5O7/c1-39-14-19-47-31-5-3-2-4-28(31)33(43)38-29(21-32(42)37-30(35(39)45)20-24-10-12-27(41)13-11-24)34(44)36-22-25-6-8-26(9-7-25)23-40-15-17-46-18-16-40/h2-13,29-30,41H,14-23H2,1H3,(H,36,44)(H,37,42)(H,38,43)/t29-,30-/m0/s1. The van der Waals surface area contributed by atoms with Gasteiger partial charge in [0.15, 0.2) is 0 Å². The zero-order valence-electron chi connectivity index (χ0n) is 26.4. The highest BCUT2D eigenvalue weighted by atomic mass is 16.5. The van der Waals surface area contributed by atoms with Crippen LogP contribution in [0.3, 0.4) is 0 Å². The molecule has 5 rings (SSSR count). The van der Waals surface area contributed by atoms with Crippen molar-refractivity contribution in [3.63, 3.8) is 0 Å². The minimum Gasteiger partial charge on any atom is -0.508 e. The summed E-state index contributed by atoms with van der Waals surface area (Å²) in [4.78, 5) is 57.6. The van der Waals surface area contributed by atoms with Crippen LogP contribution in [0.5, 0.6) is 11.5 Å². The number of aromatic hydroxyl groups is 1. The number of likely N-dealkylation sites (N-methyl/N-ethyl adjacent to an activating group) is 1. The fourth-order valence-corrected chi connectivity index (χ4v) is 5.49. The van der Waals surface area contributed by atoms with Crippen molar-refractivity contribution >= 4 is 23.6 Å². The number of fused-ring (bicyclic) bond motifs is 1. The molecule has 4 amide bonds. The van der Waals surface area contributed by atoms with Crippen molar-refractivity contribution in [2.45, 2.75) is 38.0 Å². The van der Waals surface area contributed by atoms with Gasteiger partial charge in [-0.25, -0.2) is 0 Å². The van der Waals surface area contributed by atoms with Gasteiger partial charge in [0.05, 0.1) is 31.7 Å². The van der Waals surface area contributed by atoms with Gasteiger partial charge < -0.3 is 35.4 Å². The first-order valence-electron chi connectivity index (χ1n) is 15.8. The second-order valence-corrected chi connectivity index (χ2v) is 11.7. The first-order valence-corrected chi connectivity index (χ1v) is 15.8. The van der Waals surface area contributed by atoms with Gasteiger partial charge >= 0.3 is 0 Å². The molecule has 12 heteroatoms. The number of nitrogens with zero attached hydrogens (tertiary/aromatic N) is 2. The third-order valence-electron chi connectivity index (χ3n) is 8.21. The zero-order chi connectivity index (χ0) is 33.2. The van der Waals surface area contributed by atoms with Gasteiger partial charge in [-0.1, -0.05) is 48.5 Å². The predicted molar refractivity (Wildman–Crippen MR) is 174 cm³/mol. The number of phenols is 1. The molecule has 2 heterocycles. The summed E-state index contributed by atoms with van der Waals surface area (Å²) in [5.41, 5.74) is 2.94. The van der Waals surface area contributed by atoms with Crippen LogP contribution in [0.1, 0.15) is 33.5 Å². The number of nitrogens with one attached hydrogen (secondary N) is 3. The molecular formula is C35H41N5O7. The average molecular weight is 644 g/mol. The lowest BCUT2D eigenvalue weighted by Crippen LogP contribution is -2.53. The van der Waals surface area contributed by atoms with Gasteiger partial charge in [0, 0.05) is 39.6 Å². The Morgan fingerprint density at radius 1 is 0.872 bits per heavy atom. The number of hydrogen-bond donors (Lipinski definition) is 4. The summed E-state index contributed by atoms with van der Waals surface area (Å²) < 4.78 is 11.3. The van der Waals surface area contributed by atoms with Gasteiger partial charge in [0.1, 0.15) is 30.2 Å². The van der Waals surface area contributed by atoms with E-state index in [0.717, 1.165) is 49.5 Å². The van der Waals surface area contributed by atoms with Crippen LogP contribution in [0.25, 0.3) is 0 Å². The van der Waals surface area contributed by atoms with E-state index in [0.29, 0.717) is 5.75 Å². The first-order chi connectivity index (χ1) is 22.7. The molecule has 3 aromatic carbocycles. The summed E-state index contributed by atoms with van der Waals surface area (Å²) in [6, 6.07) is 18.7. The molecule has 0 spiro atoms. The molecule has 2 atom stereocenters. The van der Waals surface area contributed by atoms with Crippen LogP contribution >= 0.6 is 0 Å². The van der Waals surface area contributed by atoms with Gasteiger partial charge in [-0.3, -0.25) is 24.1 Å². The summed E-state index contributed by atoms with van der Waals surface area (Å²) in [6.45, 7) is 4.54. The molecule has 12 nitrogen and oxygen atoms in total. The highest BCUT2D eigenvalue weighted by Crippen LogP contribution is 2.19. The summed E-state index contributed by atoms with van der Waals surface area (Å²) in [5, 5.41) is 18.0. The molecule has 0 bridgehead atoms. The van der Waals surface area contributed by atoms with E-state index in [1.165, 1.54) is 17.0 Å². The first kappa shape index (κ1) is 33.4. The van der Waals surface area contributed by atoms with Crippen molar-refractivity contribution in [1.29, 1.82) is 0 Å². The van der Waals surface area contributed by atoms with Crippen molar-refractivity contribution in [2.75, 3.05) is 46.5 Å². The molecule has 0 unspecified atom stereocenters. The number of amides is 4. The zero-order valence-corrected chi connectivity index (χ0v) is 26.4. The van der Waals surface area contributed by atoms with E-state index in [2.05, 4.69) is 20.9 Å². The van der Waals surface area contributed by atoms with Crippen molar-refractivity contribution in [3.05, 3.63) is 95.1 Å². The van der Waals surface area contributed by atoms with E-state index in [1.54, 1.807) is 43.4 Å². The number of carbonyl (C=O) groups is 4. The summed E-state index contributed by atoms with van der Waals surface area (Å²) >= 11 is 0. The Kier molecular flexibility index (Phi) is 11.4. The lowest BCUT2D eigenvalue weighted by Gasteiger charge is -2.27. The molecule has 0 radical (unpaired) electrons. The third kappa shape index (κ3) is 9.53. The maximum atomic E-state index is 13.5. The van der Waals surface area contributed by atoms with Crippen LogP contribution in [-0.4, -0.2) is 97.1 Å². The molecule has 0 saturated carbocycles. The number of hydrogen-bond acceptors (Lipinski definition) is 8. The van der Waals surface area contributed by atoms with E-state index in [-0.39, 0.29) is 43.3 Å². The highest BCUT2D eigenvalue weighted by molar-refractivity contribution is 6.01. The Balaban J connectivity index is 1.31. The summed E-state index contributed by atoms with van der Waals surface area (Å²) in [6.07, 6.45) is -0.244. The Labute approximate surface area is 274 Å². The number of rotatable bonds is 7. The molecule has 1 saturated heterocycles. The van der Waals surface area contributed by atoms with Crippen molar-refractivity contribution < 1.29 is 33.8 Å². The lowest BCUT2D eigenvalue weighted by atomic mass is 10.0. The van der Waals surface area contributed by atoms with Crippen molar-refractivity contribution in [2.24, 2.45) is 0 Å².